The third-order valence-electron chi connectivity index (χ3n) is 4.06. The van der Waals surface area contributed by atoms with E-state index in [0.717, 1.165) is 48.6 Å². The van der Waals surface area contributed by atoms with E-state index in [-0.39, 0.29) is 0 Å². The molecule has 7 heteroatoms. The van der Waals surface area contributed by atoms with E-state index in [0.29, 0.717) is 6.04 Å². The summed E-state index contributed by atoms with van der Waals surface area (Å²) < 4.78 is 5.25. The predicted molar refractivity (Wildman–Crippen MR) is 92.2 cm³/mol. The molecule has 2 aromatic heterocycles. The van der Waals surface area contributed by atoms with Crippen LogP contribution in [-0.2, 0) is 4.74 Å². The zero-order valence-corrected chi connectivity index (χ0v) is 14.5. The lowest BCUT2D eigenvalue weighted by Gasteiger charge is -2.35. The third-order valence-corrected chi connectivity index (χ3v) is 4.75. The largest absolute Gasteiger partial charge is 0.383 e. The molecule has 0 aromatic carbocycles. The van der Waals surface area contributed by atoms with Gasteiger partial charge in [0.25, 0.3) is 0 Å². The van der Waals surface area contributed by atoms with Crippen molar-refractivity contribution in [1.82, 2.24) is 19.9 Å². The van der Waals surface area contributed by atoms with E-state index in [2.05, 4.69) is 26.3 Å². The molecule has 2 aromatic rings. The van der Waals surface area contributed by atoms with Crippen LogP contribution in [0.3, 0.4) is 0 Å². The fourth-order valence-corrected chi connectivity index (χ4v) is 3.56. The Morgan fingerprint density at radius 2 is 2.30 bits per heavy atom. The molecule has 0 spiro atoms. The van der Waals surface area contributed by atoms with Crippen LogP contribution in [0.5, 0.6) is 0 Å². The fraction of sp³-hybridized carbons (Fsp3) is 0.562. The topological polar surface area (TPSA) is 63.2 Å². The molecule has 124 valence electrons. The number of ether oxygens (including phenoxy) is 1. The second-order valence-corrected chi connectivity index (χ2v) is 6.62. The molecule has 1 saturated heterocycles. The highest BCUT2D eigenvalue weighted by Gasteiger charge is 2.25. The lowest BCUT2D eigenvalue weighted by Crippen LogP contribution is -2.36. The monoisotopic (exact) mass is 333 g/mol. The lowest BCUT2D eigenvalue weighted by molar-refractivity contribution is 0.0941. The van der Waals surface area contributed by atoms with Gasteiger partial charge < -0.3 is 10.1 Å². The molecule has 0 aliphatic carbocycles. The van der Waals surface area contributed by atoms with Gasteiger partial charge in [-0.15, -0.1) is 11.3 Å². The molecule has 3 heterocycles. The first kappa shape index (κ1) is 16.3. The first-order chi connectivity index (χ1) is 11.3. The minimum absolute atomic E-state index is 0.345. The highest BCUT2D eigenvalue weighted by Crippen LogP contribution is 2.31. The summed E-state index contributed by atoms with van der Waals surface area (Å²) in [5.41, 5.74) is 1.09. The normalized spacial score (nSPS) is 19.0. The summed E-state index contributed by atoms with van der Waals surface area (Å²) in [5.74, 6) is 1.61. The molecule has 0 bridgehead atoms. The molecule has 1 N–H and O–H groups in total. The van der Waals surface area contributed by atoms with Crippen molar-refractivity contribution in [2.24, 2.45) is 0 Å². The first-order valence-corrected chi connectivity index (χ1v) is 8.89. The summed E-state index contributed by atoms with van der Waals surface area (Å²) in [7, 11) is 1.75. The molecule has 0 amide bonds. The van der Waals surface area contributed by atoms with Crippen molar-refractivity contribution in [3.63, 3.8) is 0 Å². The molecule has 1 unspecified atom stereocenters. The number of hydrogen-bond donors (Lipinski definition) is 1. The zero-order valence-electron chi connectivity index (χ0n) is 13.7. The average molecular weight is 333 g/mol. The fourth-order valence-electron chi connectivity index (χ4n) is 3.02. The summed E-state index contributed by atoms with van der Waals surface area (Å²) in [4.78, 5) is 15.9. The average Bonchev–Trinajstić information content (AvgIpc) is 3.05. The van der Waals surface area contributed by atoms with Crippen LogP contribution in [0.1, 0.15) is 36.8 Å². The van der Waals surface area contributed by atoms with E-state index in [1.807, 2.05) is 12.3 Å². The first-order valence-electron chi connectivity index (χ1n) is 8.01. The molecular weight excluding hydrogens is 310 g/mol. The Balaban J connectivity index is 1.81. The predicted octanol–water partition coefficient (Wildman–Crippen LogP) is 3.16. The molecule has 1 aliphatic rings. The molecule has 0 radical (unpaired) electrons. The van der Waals surface area contributed by atoms with Gasteiger partial charge in [0.15, 0.2) is 5.13 Å². The number of aromatic nitrogens is 3. The van der Waals surface area contributed by atoms with Crippen LogP contribution in [-0.4, -0.2) is 46.7 Å². The van der Waals surface area contributed by atoms with E-state index in [1.54, 1.807) is 24.6 Å². The van der Waals surface area contributed by atoms with Crippen LogP contribution in [0.4, 0.5) is 10.9 Å². The molecule has 1 atom stereocenters. The summed E-state index contributed by atoms with van der Waals surface area (Å²) in [6, 6.07) is 2.40. The third kappa shape index (κ3) is 4.25. The van der Waals surface area contributed by atoms with Crippen molar-refractivity contribution in [1.29, 1.82) is 0 Å². The number of anilines is 2. The summed E-state index contributed by atoms with van der Waals surface area (Å²) in [6.07, 6.45) is 5.41. The number of aryl methyl sites for hydroxylation is 1. The van der Waals surface area contributed by atoms with E-state index >= 15 is 0 Å². The summed E-state index contributed by atoms with van der Waals surface area (Å²) in [6.45, 7) is 4.75. The van der Waals surface area contributed by atoms with Gasteiger partial charge in [0.2, 0.25) is 0 Å². The lowest BCUT2D eigenvalue weighted by atomic mass is 9.99. The molecule has 23 heavy (non-hydrogen) atoms. The van der Waals surface area contributed by atoms with Crippen molar-refractivity contribution in [2.45, 2.75) is 32.2 Å². The van der Waals surface area contributed by atoms with Crippen molar-refractivity contribution in [3.05, 3.63) is 29.2 Å². The highest BCUT2D eigenvalue weighted by atomic mass is 32.1. The van der Waals surface area contributed by atoms with E-state index < -0.39 is 0 Å². The number of thiazole rings is 1. The van der Waals surface area contributed by atoms with Crippen molar-refractivity contribution in [3.8, 4) is 0 Å². The van der Waals surface area contributed by atoms with Gasteiger partial charge in [0.05, 0.1) is 18.3 Å². The number of rotatable bonds is 6. The molecule has 1 fully saturated rings. The number of nitrogens with one attached hydrogen (secondary N) is 1. The second kappa shape index (κ2) is 7.81. The van der Waals surface area contributed by atoms with Crippen LogP contribution < -0.4 is 5.32 Å². The number of methoxy groups -OCH3 is 1. The maximum absolute atomic E-state index is 5.25. The minimum atomic E-state index is 0.345. The maximum atomic E-state index is 5.25. The van der Waals surface area contributed by atoms with Crippen molar-refractivity contribution >= 4 is 22.3 Å². The Morgan fingerprint density at radius 1 is 1.39 bits per heavy atom. The maximum Gasteiger partial charge on any atom is 0.188 e. The number of piperidine rings is 1. The standard InChI is InChI=1S/C16H23N5OS/c1-12-18-13(11-15(19-12)20-16-17-6-10-23-16)14-5-3-4-7-21(14)8-9-22-2/h6,10-11,14H,3-5,7-9H2,1-2H3,(H,17,18,19,20). The number of likely N-dealkylation sites (tertiary alicyclic amines) is 1. The second-order valence-electron chi connectivity index (χ2n) is 5.73. The van der Waals surface area contributed by atoms with Crippen LogP contribution in [0.15, 0.2) is 17.6 Å². The quantitative estimate of drug-likeness (QED) is 0.876. The van der Waals surface area contributed by atoms with Crippen LogP contribution in [0.2, 0.25) is 0 Å². The van der Waals surface area contributed by atoms with E-state index in [4.69, 9.17) is 9.72 Å². The van der Waals surface area contributed by atoms with Crippen molar-refractivity contribution in [2.75, 3.05) is 32.1 Å². The van der Waals surface area contributed by atoms with Gasteiger partial charge in [0, 0.05) is 31.3 Å². The zero-order chi connectivity index (χ0) is 16.1. The Labute approximate surface area is 140 Å². The molecule has 0 saturated carbocycles. The van der Waals surface area contributed by atoms with Gasteiger partial charge in [-0.25, -0.2) is 15.0 Å². The van der Waals surface area contributed by atoms with Gasteiger partial charge in [-0.1, -0.05) is 6.42 Å². The SMILES string of the molecule is COCCN1CCCCC1c1cc(Nc2nccs2)nc(C)n1. The summed E-state index contributed by atoms with van der Waals surface area (Å²) >= 11 is 1.57. The van der Waals surface area contributed by atoms with Crippen LogP contribution in [0, 0.1) is 6.92 Å². The Kier molecular flexibility index (Phi) is 5.53. The molecule has 6 nitrogen and oxygen atoms in total. The van der Waals surface area contributed by atoms with Gasteiger partial charge in [-0.2, -0.15) is 0 Å². The van der Waals surface area contributed by atoms with Crippen LogP contribution >= 0.6 is 11.3 Å². The van der Waals surface area contributed by atoms with E-state index in [9.17, 15) is 0 Å². The molecular formula is C16H23N5OS. The smallest absolute Gasteiger partial charge is 0.188 e. The highest BCUT2D eigenvalue weighted by molar-refractivity contribution is 7.13. The van der Waals surface area contributed by atoms with Gasteiger partial charge in [-0.05, 0) is 26.3 Å². The molecule has 1 aliphatic heterocycles. The summed E-state index contributed by atoms with van der Waals surface area (Å²) in [5, 5.41) is 6.08. The Hall–Kier alpha value is -1.57. The van der Waals surface area contributed by atoms with Gasteiger partial charge >= 0.3 is 0 Å². The minimum Gasteiger partial charge on any atom is -0.383 e. The van der Waals surface area contributed by atoms with E-state index in [1.165, 1.54) is 12.8 Å². The van der Waals surface area contributed by atoms with Gasteiger partial charge in [-0.3, -0.25) is 4.90 Å². The Bertz CT molecular complexity index is 619. The molecule has 3 rings (SSSR count). The van der Waals surface area contributed by atoms with Gasteiger partial charge in [0.1, 0.15) is 11.6 Å². The van der Waals surface area contributed by atoms with Crippen molar-refractivity contribution < 1.29 is 4.74 Å². The number of hydrogen-bond acceptors (Lipinski definition) is 7. The number of nitrogens with zero attached hydrogens (tertiary/aromatic N) is 4. The Morgan fingerprint density at radius 3 is 3.09 bits per heavy atom. The van der Waals surface area contributed by atoms with Crippen LogP contribution in [0.25, 0.3) is 0 Å².